The first-order valence-electron chi connectivity index (χ1n) is 8.11. The van der Waals surface area contributed by atoms with Gasteiger partial charge in [-0.25, -0.2) is 4.79 Å². The van der Waals surface area contributed by atoms with Crippen LogP contribution in [0, 0.1) is 0 Å². The quantitative estimate of drug-likeness (QED) is 0.764. The highest BCUT2D eigenvalue weighted by atomic mass is 16.6. The number of benzene rings is 2. The molecule has 0 aromatic heterocycles. The predicted molar refractivity (Wildman–Crippen MR) is 94.1 cm³/mol. The summed E-state index contributed by atoms with van der Waals surface area (Å²) in [5, 5.41) is 0. The first kappa shape index (κ1) is 17.0. The molecular formula is C19H17NO7. The lowest BCUT2D eigenvalue weighted by molar-refractivity contribution is 0.0272. The summed E-state index contributed by atoms with van der Waals surface area (Å²) in [6, 6.07) is 6.46. The van der Waals surface area contributed by atoms with Gasteiger partial charge in [0, 0.05) is 17.7 Å². The highest BCUT2D eigenvalue weighted by molar-refractivity contribution is 6.17. The van der Waals surface area contributed by atoms with Gasteiger partial charge < -0.3 is 23.7 Å². The Hall–Kier alpha value is -3.42. The minimum atomic E-state index is -0.884. The van der Waals surface area contributed by atoms with Crippen LogP contribution in [-0.4, -0.2) is 40.3 Å². The fourth-order valence-electron chi connectivity index (χ4n) is 3.48. The number of anilines is 1. The molecule has 0 saturated carbocycles. The van der Waals surface area contributed by atoms with Crippen molar-refractivity contribution in [2.75, 3.05) is 33.3 Å². The molecule has 0 saturated heterocycles. The molecule has 8 nitrogen and oxygen atoms in total. The minimum absolute atomic E-state index is 0.219. The van der Waals surface area contributed by atoms with Crippen LogP contribution in [0.5, 0.6) is 23.0 Å². The molecule has 0 N–H and O–H groups in total. The second-order valence-electron chi connectivity index (χ2n) is 5.92. The van der Waals surface area contributed by atoms with Gasteiger partial charge in [-0.3, -0.25) is 9.69 Å². The van der Waals surface area contributed by atoms with E-state index in [1.54, 1.807) is 18.2 Å². The van der Waals surface area contributed by atoms with Crippen molar-refractivity contribution < 1.29 is 33.3 Å². The Morgan fingerprint density at radius 3 is 2.19 bits per heavy atom. The fraction of sp³-hybridized carbons (Fsp3) is 0.263. The molecular weight excluding hydrogens is 354 g/mol. The van der Waals surface area contributed by atoms with Crippen molar-refractivity contribution in [3.63, 3.8) is 0 Å². The Balaban J connectivity index is 1.93. The van der Waals surface area contributed by atoms with Crippen LogP contribution in [-0.2, 0) is 4.74 Å². The molecule has 27 heavy (non-hydrogen) atoms. The van der Waals surface area contributed by atoms with Gasteiger partial charge in [0.25, 0.3) is 5.91 Å². The monoisotopic (exact) mass is 371 g/mol. The fourth-order valence-corrected chi connectivity index (χ4v) is 3.48. The Kier molecular flexibility index (Phi) is 3.83. The molecule has 8 heteroatoms. The number of methoxy groups -OCH3 is 4. The van der Waals surface area contributed by atoms with Crippen molar-refractivity contribution in [1.29, 1.82) is 0 Å². The van der Waals surface area contributed by atoms with E-state index in [-0.39, 0.29) is 11.5 Å². The average molecular weight is 371 g/mol. The van der Waals surface area contributed by atoms with Crippen LogP contribution in [0.15, 0.2) is 24.3 Å². The number of fused-ring (bicyclic) bond motifs is 5. The minimum Gasteiger partial charge on any atom is -0.493 e. The van der Waals surface area contributed by atoms with E-state index in [4.69, 9.17) is 23.7 Å². The molecule has 0 unspecified atom stereocenters. The second-order valence-corrected chi connectivity index (χ2v) is 5.92. The maximum atomic E-state index is 13.2. The van der Waals surface area contributed by atoms with Gasteiger partial charge in [0.05, 0.1) is 45.3 Å². The van der Waals surface area contributed by atoms with E-state index in [9.17, 15) is 9.59 Å². The van der Waals surface area contributed by atoms with Gasteiger partial charge in [-0.15, -0.1) is 0 Å². The van der Waals surface area contributed by atoms with Crippen molar-refractivity contribution in [3.05, 3.63) is 41.0 Å². The van der Waals surface area contributed by atoms with E-state index >= 15 is 0 Å². The summed E-state index contributed by atoms with van der Waals surface area (Å²) in [7, 11) is 5.90. The third kappa shape index (κ3) is 2.22. The SMILES string of the molecule is COc1cc2c(cc1OC)N1C(=O)c3c(ccc(OC)c3OC)[C@H]1OC2=O. The average Bonchev–Trinajstić information content (AvgIpc) is 2.98. The van der Waals surface area contributed by atoms with E-state index < -0.39 is 12.2 Å². The lowest BCUT2D eigenvalue weighted by Gasteiger charge is -2.31. The summed E-state index contributed by atoms with van der Waals surface area (Å²) in [5.74, 6) is 0.582. The Morgan fingerprint density at radius 2 is 1.56 bits per heavy atom. The number of nitrogens with zero attached hydrogens (tertiary/aromatic N) is 1. The number of carbonyl (C=O) groups is 2. The summed E-state index contributed by atoms with van der Waals surface area (Å²) in [5.41, 5.74) is 1.44. The largest absolute Gasteiger partial charge is 0.493 e. The zero-order chi connectivity index (χ0) is 19.3. The Bertz CT molecular complexity index is 969. The molecule has 0 aliphatic carbocycles. The van der Waals surface area contributed by atoms with Crippen molar-refractivity contribution in [1.82, 2.24) is 0 Å². The topological polar surface area (TPSA) is 83.5 Å². The van der Waals surface area contributed by atoms with Gasteiger partial charge in [-0.05, 0) is 12.1 Å². The number of hydrogen-bond acceptors (Lipinski definition) is 7. The summed E-state index contributed by atoms with van der Waals surface area (Å²) < 4.78 is 26.8. The smallest absolute Gasteiger partial charge is 0.342 e. The van der Waals surface area contributed by atoms with Gasteiger partial charge in [-0.2, -0.15) is 0 Å². The van der Waals surface area contributed by atoms with Crippen LogP contribution >= 0.6 is 0 Å². The van der Waals surface area contributed by atoms with Crippen LogP contribution in [0.2, 0.25) is 0 Å². The van der Waals surface area contributed by atoms with Crippen molar-refractivity contribution in [3.8, 4) is 23.0 Å². The molecule has 2 heterocycles. The zero-order valence-electron chi connectivity index (χ0n) is 15.2. The van der Waals surface area contributed by atoms with Gasteiger partial charge in [-0.1, -0.05) is 0 Å². The third-order valence-electron chi connectivity index (χ3n) is 4.71. The van der Waals surface area contributed by atoms with Crippen LogP contribution in [0.25, 0.3) is 0 Å². The van der Waals surface area contributed by atoms with Crippen LogP contribution < -0.4 is 23.8 Å². The molecule has 0 radical (unpaired) electrons. The van der Waals surface area contributed by atoms with E-state index in [1.807, 2.05) is 0 Å². The number of ether oxygens (including phenoxy) is 5. The summed E-state index contributed by atoms with van der Waals surface area (Å²) in [6.45, 7) is 0. The van der Waals surface area contributed by atoms with E-state index in [1.165, 1.54) is 39.4 Å². The number of amides is 1. The molecule has 140 valence electrons. The lowest BCUT2D eigenvalue weighted by atomic mass is 10.1. The normalized spacial score (nSPS) is 16.9. The maximum Gasteiger partial charge on any atom is 0.342 e. The molecule has 2 aliphatic heterocycles. The molecule has 0 bridgehead atoms. The first-order valence-corrected chi connectivity index (χ1v) is 8.11. The maximum absolute atomic E-state index is 13.2. The summed E-state index contributed by atoms with van der Waals surface area (Å²) >= 11 is 0. The summed E-state index contributed by atoms with van der Waals surface area (Å²) in [6.07, 6.45) is -0.884. The van der Waals surface area contributed by atoms with E-state index in [0.29, 0.717) is 39.8 Å². The summed E-state index contributed by atoms with van der Waals surface area (Å²) in [4.78, 5) is 27.2. The Labute approximate surface area is 155 Å². The number of esters is 1. The highest BCUT2D eigenvalue weighted by Gasteiger charge is 2.48. The van der Waals surface area contributed by atoms with Crippen molar-refractivity contribution in [2.45, 2.75) is 6.23 Å². The molecule has 1 amide bonds. The molecule has 0 spiro atoms. The third-order valence-corrected chi connectivity index (χ3v) is 4.71. The van der Waals surface area contributed by atoms with E-state index in [0.717, 1.165) is 0 Å². The van der Waals surface area contributed by atoms with Gasteiger partial charge >= 0.3 is 5.97 Å². The van der Waals surface area contributed by atoms with Crippen LogP contribution in [0.1, 0.15) is 32.5 Å². The van der Waals surface area contributed by atoms with Gasteiger partial charge in [0.15, 0.2) is 23.0 Å². The molecule has 2 aromatic carbocycles. The van der Waals surface area contributed by atoms with E-state index in [2.05, 4.69) is 0 Å². The van der Waals surface area contributed by atoms with Crippen LogP contribution in [0.3, 0.4) is 0 Å². The molecule has 1 atom stereocenters. The Morgan fingerprint density at radius 1 is 0.889 bits per heavy atom. The van der Waals surface area contributed by atoms with Gasteiger partial charge in [0.2, 0.25) is 6.23 Å². The number of rotatable bonds is 4. The highest BCUT2D eigenvalue weighted by Crippen LogP contribution is 2.50. The van der Waals surface area contributed by atoms with Crippen LogP contribution in [0.4, 0.5) is 5.69 Å². The standard InChI is InChI=1S/C19H17NO7/c1-23-12-6-5-9-15(16(12)26-4)17(21)20-11-8-14(25-3)13(24-2)7-10(11)19(22)27-18(9)20/h5-8,18H,1-4H3/t18-/m1/s1. The molecule has 2 aliphatic rings. The number of hydrogen-bond donors (Lipinski definition) is 0. The number of carbonyl (C=O) groups excluding carboxylic acids is 2. The second kappa shape index (κ2) is 6.08. The zero-order valence-corrected chi connectivity index (χ0v) is 15.2. The first-order chi connectivity index (χ1) is 13.0. The molecule has 2 aromatic rings. The predicted octanol–water partition coefficient (Wildman–Crippen LogP) is 2.55. The molecule has 0 fully saturated rings. The van der Waals surface area contributed by atoms with Crippen molar-refractivity contribution in [2.24, 2.45) is 0 Å². The van der Waals surface area contributed by atoms with Crippen molar-refractivity contribution >= 4 is 17.6 Å². The molecule has 4 rings (SSSR count). The van der Waals surface area contributed by atoms with Gasteiger partial charge in [0.1, 0.15) is 0 Å². The lowest BCUT2D eigenvalue weighted by Crippen LogP contribution is -2.36.